The average molecular weight is 447 g/mol. The van der Waals surface area contributed by atoms with Gasteiger partial charge in [-0.25, -0.2) is 13.9 Å². The first kappa shape index (κ1) is 21.3. The first-order valence-electron chi connectivity index (χ1n) is 9.67. The van der Waals surface area contributed by atoms with Gasteiger partial charge in [0.1, 0.15) is 12.1 Å². The van der Waals surface area contributed by atoms with Crippen molar-refractivity contribution in [2.24, 2.45) is 10.7 Å². The van der Waals surface area contributed by atoms with E-state index in [0.29, 0.717) is 4.88 Å². The quantitative estimate of drug-likeness (QED) is 0.620. The van der Waals surface area contributed by atoms with Gasteiger partial charge in [0.25, 0.3) is 6.08 Å². The highest BCUT2D eigenvalue weighted by Gasteiger charge is 2.17. The second-order valence-corrected chi connectivity index (χ2v) is 8.44. The van der Waals surface area contributed by atoms with Crippen molar-refractivity contribution in [1.82, 2.24) is 14.3 Å². The minimum Gasteiger partial charge on any atom is -0.327 e. The van der Waals surface area contributed by atoms with E-state index in [0.717, 1.165) is 44.8 Å². The van der Waals surface area contributed by atoms with Crippen LogP contribution in [-0.4, -0.2) is 27.1 Å². The molecule has 0 amide bonds. The lowest BCUT2D eigenvalue weighted by atomic mass is 9.98. The summed E-state index contributed by atoms with van der Waals surface area (Å²) < 4.78 is 42.4. The maximum Gasteiger partial charge on any atom is 0.346 e. The van der Waals surface area contributed by atoms with E-state index in [4.69, 9.17) is 5.73 Å². The van der Waals surface area contributed by atoms with Crippen molar-refractivity contribution in [3.8, 4) is 10.4 Å². The Bertz CT molecular complexity index is 1250. The molecule has 3 aromatic rings. The van der Waals surface area contributed by atoms with E-state index >= 15 is 0 Å². The molecule has 0 aliphatic carbocycles. The molecule has 3 heterocycles. The fourth-order valence-corrected chi connectivity index (χ4v) is 4.55. The molecule has 0 unspecified atom stereocenters. The van der Waals surface area contributed by atoms with Crippen LogP contribution < -0.4 is 11.4 Å². The van der Waals surface area contributed by atoms with Crippen LogP contribution in [0.5, 0.6) is 0 Å². The molecule has 0 spiro atoms. The van der Waals surface area contributed by atoms with Crippen LogP contribution in [0.15, 0.2) is 46.0 Å². The van der Waals surface area contributed by atoms with Crippen molar-refractivity contribution < 1.29 is 13.2 Å². The van der Waals surface area contributed by atoms with Crippen molar-refractivity contribution in [1.29, 1.82) is 0 Å². The number of aliphatic imine (C=N–C) groups is 1. The normalized spacial score (nSPS) is 12.8. The average Bonchev–Trinajstić information content (AvgIpc) is 3.29. The van der Waals surface area contributed by atoms with Gasteiger partial charge in [-0.2, -0.15) is 13.9 Å². The van der Waals surface area contributed by atoms with Crippen LogP contribution in [0.1, 0.15) is 22.4 Å². The topological polar surface area (TPSA) is 78.2 Å². The van der Waals surface area contributed by atoms with Gasteiger partial charge in [-0.05, 0) is 54.7 Å². The summed E-state index contributed by atoms with van der Waals surface area (Å²) in [5.74, 6) is -0.426. The van der Waals surface area contributed by atoms with Crippen molar-refractivity contribution in [3.63, 3.8) is 0 Å². The molecule has 0 fully saturated rings. The van der Waals surface area contributed by atoms with E-state index in [1.54, 1.807) is 0 Å². The van der Waals surface area contributed by atoms with Crippen LogP contribution in [0.3, 0.4) is 0 Å². The molecule has 1 aliphatic rings. The molecule has 1 aromatic carbocycles. The third-order valence-corrected chi connectivity index (χ3v) is 6.29. The summed E-state index contributed by atoms with van der Waals surface area (Å²) in [5, 5.41) is 3.85. The Morgan fingerprint density at radius 1 is 1.29 bits per heavy atom. The van der Waals surface area contributed by atoms with Crippen molar-refractivity contribution in [2.45, 2.75) is 32.9 Å². The third-order valence-electron chi connectivity index (χ3n) is 5.15. The molecule has 0 saturated carbocycles. The minimum atomic E-state index is -1.93. The zero-order chi connectivity index (χ0) is 22.1. The second-order valence-electron chi connectivity index (χ2n) is 7.30. The number of rotatable bonds is 6. The standard InChI is InChI=1S/C21H20F3N5OS/c1-12-5-14(6-13-3-2-4-26-19(12)13)17-7-16(22)18(31-17)10-28-11-27-29(21(28)30)9-15(8-25)20(23)24/h4-7,11H,2-3,8-10,25H2,1H3. The number of hydrogen-bond donors (Lipinski definition) is 1. The summed E-state index contributed by atoms with van der Waals surface area (Å²) in [5.41, 5.74) is 8.35. The summed E-state index contributed by atoms with van der Waals surface area (Å²) in [7, 11) is 0. The first-order valence-corrected chi connectivity index (χ1v) is 10.5. The zero-order valence-electron chi connectivity index (χ0n) is 16.7. The third kappa shape index (κ3) is 4.26. The van der Waals surface area contributed by atoms with Gasteiger partial charge in [0, 0.05) is 23.2 Å². The van der Waals surface area contributed by atoms with E-state index in [1.807, 2.05) is 25.3 Å². The molecule has 2 N–H and O–H groups in total. The fraction of sp³-hybridized carbons (Fsp3) is 0.286. The number of aryl methyl sites for hydroxylation is 2. The van der Waals surface area contributed by atoms with Gasteiger partial charge in [-0.15, -0.1) is 11.3 Å². The molecule has 6 nitrogen and oxygen atoms in total. The number of hydrogen-bond acceptors (Lipinski definition) is 5. The minimum absolute atomic E-state index is 0.0384. The summed E-state index contributed by atoms with van der Waals surface area (Å²) in [6, 6.07) is 5.47. The van der Waals surface area contributed by atoms with E-state index < -0.39 is 24.1 Å². The zero-order valence-corrected chi connectivity index (χ0v) is 17.6. The van der Waals surface area contributed by atoms with Gasteiger partial charge in [0.05, 0.1) is 23.7 Å². The predicted molar refractivity (Wildman–Crippen MR) is 115 cm³/mol. The summed E-state index contributed by atoms with van der Waals surface area (Å²) in [6.45, 7) is 1.16. The SMILES string of the molecule is Cc1cc(-c2cc(F)c(Cn3cnn(CC(CN)=C(F)F)c3=O)s2)cc2c1N=CCC2. The Hall–Kier alpha value is -2.98. The maximum absolute atomic E-state index is 14.7. The fourth-order valence-electron chi connectivity index (χ4n) is 3.53. The summed E-state index contributed by atoms with van der Waals surface area (Å²) in [4.78, 5) is 18.0. The molecule has 2 aromatic heterocycles. The van der Waals surface area contributed by atoms with Crippen LogP contribution in [0.25, 0.3) is 10.4 Å². The molecule has 0 bridgehead atoms. The number of nitrogens with zero attached hydrogens (tertiary/aromatic N) is 4. The van der Waals surface area contributed by atoms with Crippen molar-refractivity contribution >= 4 is 23.2 Å². The highest BCUT2D eigenvalue weighted by Crippen LogP contribution is 2.37. The lowest BCUT2D eigenvalue weighted by Gasteiger charge is -2.14. The summed E-state index contributed by atoms with van der Waals surface area (Å²) >= 11 is 1.25. The van der Waals surface area contributed by atoms with Crippen LogP contribution in [0.2, 0.25) is 0 Å². The molecule has 0 radical (unpaired) electrons. The first-order chi connectivity index (χ1) is 14.9. The molecular formula is C21H20F3N5OS. The number of nitrogens with two attached hydrogens (primary N) is 1. The Morgan fingerprint density at radius 3 is 2.84 bits per heavy atom. The summed E-state index contributed by atoms with van der Waals surface area (Å²) in [6.07, 6.45) is 2.96. The molecule has 0 atom stereocenters. The lowest BCUT2D eigenvalue weighted by Crippen LogP contribution is -2.27. The van der Waals surface area contributed by atoms with Gasteiger partial charge in [-0.1, -0.05) is 0 Å². The maximum atomic E-state index is 14.7. The Labute approximate surface area is 180 Å². The van der Waals surface area contributed by atoms with Crippen molar-refractivity contribution in [3.05, 3.63) is 68.5 Å². The van der Waals surface area contributed by atoms with Gasteiger partial charge < -0.3 is 5.73 Å². The lowest BCUT2D eigenvalue weighted by molar-refractivity contribution is 0.400. The number of fused-ring (bicyclic) bond motifs is 1. The van der Waals surface area contributed by atoms with Gasteiger partial charge >= 0.3 is 5.69 Å². The molecular weight excluding hydrogens is 427 g/mol. The monoisotopic (exact) mass is 447 g/mol. The Kier molecular flexibility index (Phi) is 5.92. The smallest absolute Gasteiger partial charge is 0.327 e. The van der Waals surface area contributed by atoms with E-state index in [-0.39, 0.29) is 18.7 Å². The Balaban J connectivity index is 1.60. The molecule has 162 valence electrons. The molecule has 1 aliphatic heterocycles. The highest BCUT2D eigenvalue weighted by atomic mass is 32.1. The number of thiophene rings is 1. The number of halogens is 3. The number of aromatic nitrogens is 3. The highest BCUT2D eigenvalue weighted by molar-refractivity contribution is 7.15. The molecule has 0 saturated heterocycles. The van der Waals surface area contributed by atoms with Crippen LogP contribution in [0, 0.1) is 12.7 Å². The predicted octanol–water partition coefficient (Wildman–Crippen LogP) is 4.03. The van der Waals surface area contributed by atoms with Gasteiger partial charge in [0.15, 0.2) is 0 Å². The Morgan fingerprint density at radius 2 is 2.10 bits per heavy atom. The van der Waals surface area contributed by atoms with E-state index in [2.05, 4.69) is 10.1 Å². The van der Waals surface area contributed by atoms with Gasteiger partial charge in [0.2, 0.25) is 0 Å². The van der Waals surface area contributed by atoms with E-state index in [1.165, 1.54) is 28.3 Å². The van der Waals surface area contributed by atoms with Crippen LogP contribution in [0.4, 0.5) is 18.9 Å². The van der Waals surface area contributed by atoms with E-state index in [9.17, 15) is 18.0 Å². The largest absolute Gasteiger partial charge is 0.346 e. The molecule has 31 heavy (non-hydrogen) atoms. The van der Waals surface area contributed by atoms with Gasteiger partial charge in [-0.3, -0.25) is 9.56 Å². The van der Waals surface area contributed by atoms with Crippen molar-refractivity contribution in [2.75, 3.05) is 6.54 Å². The second kappa shape index (κ2) is 8.64. The number of benzene rings is 1. The van der Waals surface area contributed by atoms with Crippen LogP contribution in [-0.2, 0) is 19.5 Å². The molecule has 10 heteroatoms. The molecule has 4 rings (SSSR count). The van der Waals surface area contributed by atoms with Crippen LogP contribution >= 0.6 is 11.3 Å².